The summed E-state index contributed by atoms with van der Waals surface area (Å²) in [6, 6.07) is 14.8. The number of benzene rings is 2. The average molecular weight is 382 g/mol. The van der Waals surface area contributed by atoms with Gasteiger partial charge in [-0.1, -0.05) is 24.3 Å². The van der Waals surface area contributed by atoms with Crippen LogP contribution in [-0.2, 0) is 6.42 Å². The minimum atomic E-state index is 0.0969. The number of aryl methyl sites for hydroxylation is 1. The van der Waals surface area contributed by atoms with Crippen molar-refractivity contribution >= 4 is 22.6 Å². The summed E-state index contributed by atoms with van der Waals surface area (Å²) in [5.74, 6) is 6.62. The van der Waals surface area contributed by atoms with Crippen molar-refractivity contribution in [1.82, 2.24) is 5.43 Å². The van der Waals surface area contributed by atoms with Crippen LogP contribution < -0.4 is 16.0 Å². The van der Waals surface area contributed by atoms with Crippen molar-refractivity contribution in [3.63, 3.8) is 0 Å². The number of hydrazine groups is 1. The van der Waals surface area contributed by atoms with E-state index in [2.05, 4.69) is 64.4 Å². The van der Waals surface area contributed by atoms with Gasteiger partial charge < -0.3 is 4.74 Å². The first-order valence-corrected chi connectivity index (χ1v) is 7.57. The zero-order chi connectivity index (χ0) is 14.5. The molecule has 0 aromatic heterocycles. The monoisotopic (exact) mass is 382 g/mol. The summed E-state index contributed by atoms with van der Waals surface area (Å²) in [6.07, 6.45) is 0.860. The minimum Gasteiger partial charge on any atom is -0.496 e. The molecule has 3 nitrogen and oxygen atoms in total. The van der Waals surface area contributed by atoms with Crippen molar-refractivity contribution in [2.75, 3.05) is 7.11 Å². The van der Waals surface area contributed by atoms with Crippen molar-refractivity contribution in [3.8, 4) is 5.75 Å². The van der Waals surface area contributed by atoms with E-state index in [1.165, 1.54) is 14.7 Å². The molecule has 2 rings (SSSR count). The fraction of sp³-hybridized carbons (Fsp3) is 0.250. The molecule has 0 aliphatic heterocycles. The van der Waals surface area contributed by atoms with E-state index in [-0.39, 0.29) is 6.04 Å². The van der Waals surface area contributed by atoms with Crippen LogP contribution >= 0.6 is 22.6 Å². The molecular weight excluding hydrogens is 363 g/mol. The highest BCUT2D eigenvalue weighted by atomic mass is 127. The van der Waals surface area contributed by atoms with E-state index in [1.54, 1.807) is 7.11 Å². The molecule has 2 aromatic rings. The third-order valence-electron chi connectivity index (χ3n) is 3.38. The Hall–Kier alpha value is -1.11. The number of hydrogen-bond acceptors (Lipinski definition) is 3. The predicted octanol–water partition coefficient (Wildman–Crippen LogP) is 3.36. The minimum absolute atomic E-state index is 0.0969. The van der Waals surface area contributed by atoms with Gasteiger partial charge >= 0.3 is 0 Å². The number of halogens is 1. The summed E-state index contributed by atoms with van der Waals surface area (Å²) in [5.41, 5.74) is 6.46. The van der Waals surface area contributed by atoms with Gasteiger partial charge in [0.15, 0.2) is 0 Å². The van der Waals surface area contributed by atoms with Gasteiger partial charge in [0.1, 0.15) is 5.75 Å². The SMILES string of the molecule is COc1ccc(C(Cc2ccc(I)cc2)NN)cc1C. The van der Waals surface area contributed by atoms with Crippen molar-refractivity contribution in [2.24, 2.45) is 5.84 Å². The molecule has 1 unspecified atom stereocenters. The van der Waals surface area contributed by atoms with E-state index >= 15 is 0 Å². The van der Waals surface area contributed by atoms with Crippen molar-refractivity contribution < 1.29 is 4.74 Å². The number of methoxy groups -OCH3 is 1. The van der Waals surface area contributed by atoms with Crippen molar-refractivity contribution in [2.45, 2.75) is 19.4 Å². The summed E-state index contributed by atoms with van der Waals surface area (Å²) in [7, 11) is 1.69. The number of nitrogens with two attached hydrogens (primary N) is 1. The topological polar surface area (TPSA) is 47.3 Å². The second-order valence-electron chi connectivity index (χ2n) is 4.78. The smallest absolute Gasteiger partial charge is 0.121 e. The zero-order valence-corrected chi connectivity index (χ0v) is 13.8. The number of rotatable bonds is 5. The van der Waals surface area contributed by atoms with Crippen LogP contribution in [-0.4, -0.2) is 7.11 Å². The molecule has 0 bridgehead atoms. The standard InChI is InChI=1S/C16H19IN2O/c1-11-9-13(5-8-16(11)20-2)15(19-18)10-12-3-6-14(17)7-4-12/h3-9,15,19H,10,18H2,1-2H3. The second kappa shape index (κ2) is 7.06. The van der Waals surface area contributed by atoms with Crippen LogP contribution in [0.2, 0.25) is 0 Å². The van der Waals surface area contributed by atoms with Gasteiger partial charge in [0, 0.05) is 9.61 Å². The summed E-state index contributed by atoms with van der Waals surface area (Å²) in [4.78, 5) is 0. The molecule has 0 spiro atoms. The van der Waals surface area contributed by atoms with Gasteiger partial charge in [0.05, 0.1) is 7.11 Å². The Morgan fingerprint density at radius 3 is 2.45 bits per heavy atom. The van der Waals surface area contributed by atoms with Crippen molar-refractivity contribution in [1.29, 1.82) is 0 Å². The van der Waals surface area contributed by atoms with Crippen LogP contribution in [0.5, 0.6) is 5.75 Å². The molecule has 0 aliphatic rings. The van der Waals surface area contributed by atoms with Crippen LogP contribution in [0.3, 0.4) is 0 Å². The lowest BCUT2D eigenvalue weighted by molar-refractivity contribution is 0.411. The lowest BCUT2D eigenvalue weighted by Crippen LogP contribution is -2.29. The van der Waals surface area contributed by atoms with Crippen molar-refractivity contribution in [3.05, 3.63) is 62.7 Å². The molecule has 0 aliphatic carbocycles. The molecule has 0 radical (unpaired) electrons. The Morgan fingerprint density at radius 1 is 1.20 bits per heavy atom. The molecule has 0 fully saturated rings. The van der Waals surface area contributed by atoms with Gasteiger partial charge in [-0.2, -0.15) is 0 Å². The number of ether oxygens (including phenoxy) is 1. The molecule has 20 heavy (non-hydrogen) atoms. The van der Waals surface area contributed by atoms with Gasteiger partial charge in [0.25, 0.3) is 0 Å². The third-order valence-corrected chi connectivity index (χ3v) is 4.09. The number of hydrogen-bond donors (Lipinski definition) is 2. The van der Waals surface area contributed by atoms with Crippen LogP contribution in [0, 0.1) is 10.5 Å². The molecule has 2 aromatic carbocycles. The quantitative estimate of drug-likeness (QED) is 0.474. The van der Waals surface area contributed by atoms with E-state index in [1.807, 2.05) is 13.0 Å². The normalized spacial score (nSPS) is 12.2. The zero-order valence-electron chi connectivity index (χ0n) is 11.7. The summed E-state index contributed by atoms with van der Waals surface area (Å²) < 4.78 is 6.53. The Balaban J connectivity index is 2.19. The Kier molecular flexibility index (Phi) is 5.39. The van der Waals surface area contributed by atoms with Crippen LogP contribution in [0.1, 0.15) is 22.7 Å². The Labute approximate surface area is 133 Å². The molecular formula is C16H19IN2O. The maximum absolute atomic E-state index is 5.72. The molecule has 0 saturated heterocycles. The molecule has 0 heterocycles. The van der Waals surface area contributed by atoms with E-state index in [9.17, 15) is 0 Å². The van der Waals surface area contributed by atoms with Crippen LogP contribution in [0.4, 0.5) is 0 Å². The predicted molar refractivity (Wildman–Crippen MR) is 90.7 cm³/mol. The average Bonchev–Trinajstić information content (AvgIpc) is 2.46. The largest absolute Gasteiger partial charge is 0.496 e. The molecule has 4 heteroatoms. The van der Waals surface area contributed by atoms with E-state index < -0.39 is 0 Å². The first-order valence-electron chi connectivity index (χ1n) is 6.49. The first-order chi connectivity index (χ1) is 9.63. The van der Waals surface area contributed by atoms with Crippen LogP contribution in [0.25, 0.3) is 0 Å². The Bertz CT molecular complexity index is 569. The highest BCUT2D eigenvalue weighted by Gasteiger charge is 2.12. The lowest BCUT2D eigenvalue weighted by Gasteiger charge is -2.18. The lowest BCUT2D eigenvalue weighted by atomic mass is 9.98. The highest BCUT2D eigenvalue weighted by Crippen LogP contribution is 2.24. The van der Waals surface area contributed by atoms with E-state index in [4.69, 9.17) is 10.6 Å². The molecule has 106 valence electrons. The molecule has 1 atom stereocenters. The van der Waals surface area contributed by atoms with Crippen LogP contribution in [0.15, 0.2) is 42.5 Å². The molecule has 3 N–H and O–H groups in total. The maximum atomic E-state index is 5.72. The summed E-state index contributed by atoms with van der Waals surface area (Å²) in [6.45, 7) is 2.04. The second-order valence-corrected chi connectivity index (χ2v) is 6.02. The van der Waals surface area contributed by atoms with Gasteiger partial charge in [0.2, 0.25) is 0 Å². The van der Waals surface area contributed by atoms with Gasteiger partial charge in [-0.15, -0.1) is 0 Å². The van der Waals surface area contributed by atoms with E-state index in [0.29, 0.717) is 0 Å². The summed E-state index contributed by atoms with van der Waals surface area (Å²) in [5, 5.41) is 0. The van der Waals surface area contributed by atoms with Gasteiger partial charge in [-0.25, -0.2) is 0 Å². The molecule has 0 amide bonds. The molecule has 0 saturated carbocycles. The fourth-order valence-corrected chi connectivity index (χ4v) is 2.61. The first kappa shape index (κ1) is 15.3. The fourth-order valence-electron chi connectivity index (χ4n) is 2.25. The van der Waals surface area contributed by atoms with Gasteiger partial charge in [-0.05, 0) is 70.8 Å². The van der Waals surface area contributed by atoms with Gasteiger partial charge in [-0.3, -0.25) is 11.3 Å². The summed E-state index contributed by atoms with van der Waals surface area (Å²) >= 11 is 2.31. The third kappa shape index (κ3) is 3.71. The Morgan fingerprint density at radius 2 is 1.90 bits per heavy atom. The maximum Gasteiger partial charge on any atom is 0.121 e. The van der Waals surface area contributed by atoms with E-state index in [0.717, 1.165) is 17.7 Å². The highest BCUT2D eigenvalue weighted by molar-refractivity contribution is 14.1. The number of nitrogens with one attached hydrogen (secondary N) is 1.